The van der Waals surface area contributed by atoms with Gasteiger partial charge in [-0.25, -0.2) is 4.79 Å². The fourth-order valence-electron chi connectivity index (χ4n) is 3.15. The number of amides is 1. The smallest absolute Gasteiger partial charge is 0.350 e. The van der Waals surface area contributed by atoms with Crippen LogP contribution in [0, 0.1) is 17.3 Å². The van der Waals surface area contributed by atoms with Gasteiger partial charge in [-0.05, 0) is 45.2 Å². The van der Waals surface area contributed by atoms with Crippen molar-refractivity contribution < 1.29 is 19.1 Å². The van der Waals surface area contributed by atoms with E-state index in [-0.39, 0.29) is 17.6 Å². The van der Waals surface area contributed by atoms with Gasteiger partial charge in [0.05, 0.1) is 30.4 Å². The topological polar surface area (TPSA) is 55.8 Å². The summed E-state index contributed by atoms with van der Waals surface area (Å²) in [6.45, 7) is 6.63. The van der Waals surface area contributed by atoms with Gasteiger partial charge >= 0.3 is 5.97 Å². The zero-order chi connectivity index (χ0) is 21.7. The number of benzene rings is 1. The van der Waals surface area contributed by atoms with Gasteiger partial charge in [-0.15, -0.1) is 11.3 Å². The summed E-state index contributed by atoms with van der Waals surface area (Å²) in [5.41, 5.74) is 1.53. The molecule has 1 aliphatic rings. The van der Waals surface area contributed by atoms with Crippen LogP contribution in [0.2, 0.25) is 0 Å². The number of carbonyl (C=O) groups is 2. The molecular weight excluding hydrogens is 398 g/mol. The summed E-state index contributed by atoms with van der Waals surface area (Å²) in [7, 11) is 1.34. The van der Waals surface area contributed by atoms with E-state index in [0.29, 0.717) is 17.2 Å². The Hall–Kier alpha value is -2.62. The molecule has 1 aromatic carbocycles. The summed E-state index contributed by atoms with van der Waals surface area (Å²) in [6.07, 6.45) is 2.34. The Kier molecular flexibility index (Phi) is 6.96. The Labute approximate surface area is 182 Å². The highest BCUT2D eigenvalue weighted by atomic mass is 32.1. The molecule has 0 aliphatic heterocycles. The number of carbonyl (C=O) groups excluding carboxylic acids is 2. The van der Waals surface area contributed by atoms with Gasteiger partial charge in [0.25, 0.3) is 0 Å². The number of hydrogen-bond acceptors (Lipinski definition) is 5. The standard InChI is InChI=1S/C24H27NO4S/c1-24(2,3)11-10-20-14-21(22(30-20)23(27)28-4)25(16-26)18-12-19(13-18)29-15-17-8-6-5-7-9-17/h5-9,14,16,18-19H,12-13,15H2,1-4H3. The van der Waals surface area contributed by atoms with Crippen LogP contribution in [0.15, 0.2) is 36.4 Å². The monoisotopic (exact) mass is 425 g/mol. The SMILES string of the molecule is COC(=O)c1sc(C#CC(C)(C)C)cc1N(C=O)C1CC(OCc2ccccc2)C1. The fraction of sp³-hybridized carbons (Fsp3) is 0.417. The van der Waals surface area contributed by atoms with E-state index in [1.165, 1.54) is 18.4 Å². The molecule has 0 N–H and O–H groups in total. The number of esters is 1. The van der Waals surface area contributed by atoms with Crippen LogP contribution in [0.25, 0.3) is 0 Å². The van der Waals surface area contributed by atoms with Crippen LogP contribution in [0.1, 0.15) is 53.7 Å². The average Bonchev–Trinajstić information content (AvgIpc) is 3.11. The van der Waals surface area contributed by atoms with Crippen LogP contribution in [0.5, 0.6) is 0 Å². The first-order valence-corrected chi connectivity index (χ1v) is 10.8. The third-order valence-electron chi connectivity index (χ3n) is 4.83. The largest absolute Gasteiger partial charge is 0.465 e. The molecule has 0 radical (unpaired) electrons. The van der Waals surface area contributed by atoms with E-state index >= 15 is 0 Å². The maximum absolute atomic E-state index is 12.3. The van der Waals surface area contributed by atoms with E-state index < -0.39 is 5.97 Å². The summed E-state index contributed by atoms with van der Waals surface area (Å²) in [5, 5.41) is 0. The minimum Gasteiger partial charge on any atom is -0.465 e. The highest BCUT2D eigenvalue weighted by molar-refractivity contribution is 7.15. The van der Waals surface area contributed by atoms with Crippen molar-refractivity contribution in [2.75, 3.05) is 12.0 Å². The summed E-state index contributed by atoms with van der Waals surface area (Å²) in [6, 6.07) is 11.8. The van der Waals surface area contributed by atoms with E-state index in [1.54, 1.807) is 4.90 Å². The van der Waals surface area contributed by atoms with Crippen molar-refractivity contribution in [3.05, 3.63) is 51.7 Å². The third-order valence-corrected chi connectivity index (χ3v) is 5.85. The van der Waals surface area contributed by atoms with Gasteiger partial charge < -0.3 is 14.4 Å². The number of ether oxygens (including phenoxy) is 2. The molecule has 1 fully saturated rings. The van der Waals surface area contributed by atoms with Crippen molar-refractivity contribution in [1.29, 1.82) is 0 Å². The van der Waals surface area contributed by atoms with Crippen molar-refractivity contribution in [2.45, 2.75) is 52.4 Å². The van der Waals surface area contributed by atoms with Crippen molar-refractivity contribution in [2.24, 2.45) is 5.41 Å². The molecule has 0 unspecified atom stereocenters. The molecule has 0 spiro atoms. The molecule has 1 heterocycles. The molecule has 0 atom stereocenters. The number of rotatable bonds is 7. The zero-order valence-corrected chi connectivity index (χ0v) is 18.6. The van der Waals surface area contributed by atoms with Crippen LogP contribution in [0.3, 0.4) is 0 Å². The first-order chi connectivity index (χ1) is 14.3. The maximum atomic E-state index is 12.3. The molecule has 0 bridgehead atoms. The molecule has 6 heteroatoms. The quantitative estimate of drug-likeness (QED) is 0.368. The lowest BCUT2D eigenvalue weighted by Crippen LogP contribution is -2.48. The lowest BCUT2D eigenvalue weighted by atomic mass is 9.87. The lowest BCUT2D eigenvalue weighted by Gasteiger charge is -2.40. The maximum Gasteiger partial charge on any atom is 0.350 e. The molecule has 1 aromatic heterocycles. The van der Waals surface area contributed by atoms with E-state index in [4.69, 9.17) is 9.47 Å². The number of hydrogen-bond donors (Lipinski definition) is 0. The molecule has 1 amide bonds. The van der Waals surface area contributed by atoms with Gasteiger partial charge in [0, 0.05) is 11.5 Å². The van der Waals surface area contributed by atoms with E-state index in [0.717, 1.165) is 29.7 Å². The van der Waals surface area contributed by atoms with Gasteiger partial charge in [-0.3, -0.25) is 4.79 Å². The average molecular weight is 426 g/mol. The molecule has 158 valence electrons. The third kappa shape index (κ3) is 5.50. The summed E-state index contributed by atoms with van der Waals surface area (Å²) in [5.74, 6) is 5.83. The first kappa shape index (κ1) is 22.1. The van der Waals surface area contributed by atoms with Gasteiger partial charge in [-0.2, -0.15) is 0 Å². The van der Waals surface area contributed by atoms with Crippen molar-refractivity contribution in [3.63, 3.8) is 0 Å². The Bertz CT molecular complexity index is 943. The number of anilines is 1. The van der Waals surface area contributed by atoms with Gasteiger partial charge in [-0.1, -0.05) is 42.2 Å². The molecule has 30 heavy (non-hydrogen) atoms. The van der Waals surface area contributed by atoms with Crippen molar-refractivity contribution >= 4 is 29.4 Å². The molecular formula is C24H27NO4S. The molecule has 0 saturated heterocycles. The van der Waals surface area contributed by atoms with E-state index in [2.05, 4.69) is 11.8 Å². The highest BCUT2D eigenvalue weighted by Gasteiger charge is 2.36. The summed E-state index contributed by atoms with van der Waals surface area (Å²) >= 11 is 1.26. The minimum absolute atomic E-state index is 0.00953. The first-order valence-electron chi connectivity index (χ1n) is 9.95. The second-order valence-electron chi connectivity index (χ2n) is 8.37. The normalized spacial score (nSPS) is 18.0. The number of methoxy groups -OCH3 is 1. The lowest BCUT2D eigenvalue weighted by molar-refractivity contribution is -0.109. The molecule has 1 aliphatic carbocycles. The summed E-state index contributed by atoms with van der Waals surface area (Å²) < 4.78 is 10.9. The Morgan fingerprint density at radius 2 is 1.97 bits per heavy atom. The van der Waals surface area contributed by atoms with Crippen LogP contribution < -0.4 is 4.90 Å². The molecule has 5 nitrogen and oxygen atoms in total. The Balaban J connectivity index is 1.71. The van der Waals surface area contributed by atoms with Gasteiger partial charge in [0.15, 0.2) is 0 Å². The Morgan fingerprint density at radius 1 is 1.27 bits per heavy atom. The number of nitrogens with zero attached hydrogens (tertiary/aromatic N) is 1. The van der Waals surface area contributed by atoms with Crippen LogP contribution >= 0.6 is 11.3 Å². The van der Waals surface area contributed by atoms with Crippen molar-refractivity contribution in [3.8, 4) is 11.8 Å². The van der Waals surface area contributed by atoms with E-state index in [1.807, 2.05) is 57.2 Å². The molecule has 3 rings (SSSR count). The van der Waals surface area contributed by atoms with Gasteiger partial charge in [0.1, 0.15) is 4.88 Å². The second kappa shape index (κ2) is 9.46. The zero-order valence-electron chi connectivity index (χ0n) is 17.8. The fourth-order valence-corrected chi connectivity index (χ4v) is 4.08. The number of thiophene rings is 1. The van der Waals surface area contributed by atoms with Crippen LogP contribution in [0.4, 0.5) is 5.69 Å². The van der Waals surface area contributed by atoms with Crippen LogP contribution in [-0.2, 0) is 20.9 Å². The minimum atomic E-state index is -0.457. The predicted octanol–water partition coefficient (Wildman–Crippen LogP) is 4.64. The highest BCUT2D eigenvalue weighted by Crippen LogP contribution is 2.37. The predicted molar refractivity (Wildman–Crippen MR) is 119 cm³/mol. The van der Waals surface area contributed by atoms with E-state index in [9.17, 15) is 9.59 Å². The summed E-state index contributed by atoms with van der Waals surface area (Å²) in [4.78, 5) is 27.0. The van der Waals surface area contributed by atoms with Gasteiger partial charge in [0.2, 0.25) is 6.41 Å². The molecule has 2 aromatic rings. The Morgan fingerprint density at radius 3 is 2.57 bits per heavy atom. The van der Waals surface area contributed by atoms with Crippen molar-refractivity contribution in [1.82, 2.24) is 0 Å². The second-order valence-corrected chi connectivity index (χ2v) is 9.43. The molecule has 1 saturated carbocycles. The van der Waals surface area contributed by atoms with Crippen LogP contribution in [-0.4, -0.2) is 31.6 Å².